The highest BCUT2D eigenvalue weighted by Gasteiger charge is 2.41. The third kappa shape index (κ3) is 2.88. The first-order valence-electron chi connectivity index (χ1n) is 6.49. The van der Waals surface area contributed by atoms with Crippen molar-refractivity contribution in [3.8, 4) is 5.75 Å². The van der Waals surface area contributed by atoms with Gasteiger partial charge in [0.15, 0.2) is 0 Å². The van der Waals surface area contributed by atoms with Gasteiger partial charge in [-0.2, -0.15) is 0 Å². The molecule has 0 spiro atoms. The first kappa shape index (κ1) is 14.7. The lowest BCUT2D eigenvalue weighted by atomic mass is 9.81. The summed E-state index contributed by atoms with van der Waals surface area (Å²) in [6.07, 6.45) is 3.40. The molecule has 0 heterocycles. The van der Waals surface area contributed by atoms with Crippen LogP contribution in [-0.2, 0) is 4.79 Å². The van der Waals surface area contributed by atoms with Crippen molar-refractivity contribution in [1.29, 1.82) is 0 Å². The molecule has 1 aliphatic rings. The third-order valence-corrected chi connectivity index (χ3v) is 3.98. The van der Waals surface area contributed by atoms with Crippen molar-refractivity contribution in [1.82, 2.24) is 5.32 Å². The molecule has 3 N–H and O–H groups in total. The molecule has 0 saturated heterocycles. The van der Waals surface area contributed by atoms with E-state index in [2.05, 4.69) is 5.32 Å². The minimum atomic E-state index is -1.19. The average molecular weight is 298 g/mol. The minimum Gasteiger partial charge on any atom is -0.506 e. The number of halogens is 1. The Labute approximate surface area is 121 Å². The number of rotatable bonds is 3. The van der Waals surface area contributed by atoms with Crippen LogP contribution < -0.4 is 5.32 Å². The molecule has 1 fully saturated rings. The fraction of sp³-hybridized carbons (Fsp3) is 0.429. The SMILES string of the molecule is O=C(NC1(C(=O)O)CCCCC1)c1ccc(O)c(Cl)c1. The average Bonchev–Trinajstić information content (AvgIpc) is 2.42. The summed E-state index contributed by atoms with van der Waals surface area (Å²) in [5, 5.41) is 21.4. The van der Waals surface area contributed by atoms with Gasteiger partial charge in [-0.15, -0.1) is 0 Å². The second kappa shape index (κ2) is 5.71. The first-order valence-corrected chi connectivity index (χ1v) is 6.87. The quantitative estimate of drug-likeness (QED) is 0.800. The lowest BCUT2D eigenvalue weighted by Gasteiger charge is -2.34. The summed E-state index contributed by atoms with van der Waals surface area (Å²) in [5.74, 6) is -1.61. The van der Waals surface area contributed by atoms with E-state index >= 15 is 0 Å². The van der Waals surface area contributed by atoms with Gasteiger partial charge in [-0.25, -0.2) is 4.79 Å². The van der Waals surface area contributed by atoms with Crippen molar-refractivity contribution in [3.05, 3.63) is 28.8 Å². The van der Waals surface area contributed by atoms with Crippen molar-refractivity contribution in [2.24, 2.45) is 0 Å². The Morgan fingerprint density at radius 3 is 2.40 bits per heavy atom. The van der Waals surface area contributed by atoms with Crippen LogP contribution in [0.3, 0.4) is 0 Å². The van der Waals surface area contributed by atoms with E-state index in [-0.39, 0.29) is 16.3 Å². The predicted molar refractivity (Wildman–Crippen MR) is 74.0 cm³/mol. The van der Waals surface area contributed by atoms with E-state index < -0.39 is 17.4 Å². The van der Waals surface area contributed by atoms with Crippen LogP contribution in [0.4, 0.5) is 0 Å². The molecule has 108 valence electrons. The highest BCUT2D eigenvalue weighted by molar-refractivity contribution is 6.32. The predicted octanol–water partition coefficient (Wildman–Crippen LogP) is 2.56. The summed E-state index contributed by atoms with van der Waals surface area (Å²) in [4.78, 5) is 23.7. The summed E-state index contributed by atoms with van der Waals surface area (Å²) >= 11 is 5.75. The number of carboxylic acid groups (broad SMARTS) is 1. The molecule has 1 aromatic carbocycles. The van der Waals surface area contributed by atoms with Gasteiger partial charge >= 0.3 is 5.97 Å². The molecule has 1 aliphatic carbocycles. The number of carbonyl (C=O) groups is 2. The molecule has 1 amide bonds. The maximum Gasteiger partial charge on any atom is 0.329 e. The number of nitrogens with one attached hydrogen (secondary N) is 1. The van der Waals surface area contributed by atoms with E-state index in [4.69, 9.17) is 11.6 Å². The van der Waals surface area contributed by atoms with Crippen molar-refractivity contribution in [3.63, 3.8) is 0 Å². The fourth-order valence-corrected chi connectivity index (χ4v) is 2.67. The Morgan fingerprint density at radius 2 is 1.85 bits per heavy atom. The van der Waals surface area contributed by atoms with Crippen LogP contribution in [0.2, 0.25) is 5.02 Å². The van der Waals surface area contributed by atoms with Crippen LogP contribution in [0.1, 0.15) is 42.5 Å². The topological polar surface area (TPSA) is 86.6 Å². The molecule has 2 rings (SSSR count). The lowest BCUT2D eigenvalue weighted by Crippen LogP contribution is -2.55. The Bertz CT molecular complexity index is 538. The van der Waals surface area contributed by atoms with Crippen LogP contribution >= 0.6 is 11.6 Å². The molecule has 1 aromatic rings. The molecule has 20 heavy (non-hydrogen) atoms. The molecule has 0 unspecified atom stereocenters. The zero-order valence-corrected chi connectivity index (χ0v) is 11.6. The Kier molecular flexibility index (Phi) is 4.18. The van der Waals surface area contributed by atoms with E-state index in [0.717, 1.165) is 19.3 Å². The van der Waals surface area contributed by atoms with Gasteiger partial charge in [0.2, 0.25) is 0 Å². The molecule has 0 aromatic heterocycles. The van der Waals surface area contributed by atoms with Gasteiger partial charge < -0.3 is 15.5 Å². The Morgan fingerprint density at radius 1 is 1.20 bits per heavy atom. The number of carbonyl (C=O) groups excluding carboxylic acids is 1. The highest BCUT2D eigenvalue weighted by atomic mass is 35.5. The van der Waals surface area contributed by atoms with Crippen molar-refractivity contribution >= 4 is 23.5 Å². The van der Waals surface area contributed by atoms with Crippen LogP contribution in [0, 0.1) is 0 Å². The van der Waals surface area contributed by atoms with E-state index in [0.29, 0.717) is 12.8 Å². The summed E-state index contributed by atoms with van der Waals surface area (Å²) in [5.41, 5.74) is -0.960. The number of benzene rings is 1. The number of hydrogen-bond acceptors (Lipinski definition) is 3. The second-order valence-corrected chi connectivity index (χ2v) is 5.48. The van der Waals surface area contributed by atoms with Gasteiger partial charge in [-0.3, -0.25) is 4.79 Å². The Hall–Kier alpha value is -1.75. The molecular formula is C14H16ClNO4. The molecular weight excluding hydrogens is 282 g/mol. The molecule has 0 atom stereocenters. The zero-order valence-electron chi connectivity index (χ0n) is 10.9. The second-order valence-electron chi connectivity index (χ2n) is 5.07. The summed E-state index contributed by atoms with van der Waals surface area (Å²) in [6.45, 7) is 0. The summed E-state index contributed by atoms with van der Waals surface area (Å²) in [6, 6.07) is 4.05. The van der Waals surface area contributed by atoms with Gasteiger partial charge in [0, 0.05) is 5.56 Å². The maximum absolute atomic E-state index is 12.2. The maximum atomic E-state index is 12.2. The van der Waals surface area contributed by atoms with Crippen LogP contribution in [0.15, 0.2) is 18.2 Å². The van der Waals surface area contributed by atoms with E-state index in [9.17, 15) is 19.8 Å². The van der Waals surface area contributed by atoms with E-state index in [1.54, 1.807) is 0 Å². The van der Waals surface area contributed by atoms with Gasteiger partial charge in [0.05, 0.1) is 5.02 Å². The van der Waals surface area contributed by atoms with E-state index in [1.165, 1.54) is 18.2 Å². The van der Waals surface area contributed by atoms with Gasteiger partial charge in [-0.05, 0) is 31.0 Å². The van der Waals surface area contributed by atoms with E-state index in [1.807, 2.05) is 0 Å². The number of amides is 1. The molecule has 0 bridgehead atoms. The largest absolute Gasteiger partial charge is 0.506 e. The molecule has 0 aliphatic heterocycles. The summed E-state index contributed by atoms with van der Waals surface area (Å²) in [7, 11) is 0. The lowest BCUT2D eigenvalue weighted by molar-refractivity contribution is -0.145. The molecule has 0 radical (unpaired) electrons. The highest BCUT2D eigenvalue weighted by Crippen LogP contribution is 2.29. The van der Waals surface area contributed by atoms with Crippen molar-refractivity contribution in [2.45, 2.75) is 37.6 Å². The minimum absolute atomic E-state index is 0.0608. The third-order valence-electron chi connectivity index (χ3n) is 3.68. The normalized spacial score (nSPS) is 17.4. The molecule has 1 saturated carbocycles. The number of phenols is 1. The monoisotopic (exact) mass is 297 g/mol. The van der Waals surface area contributed by atoms with Crippen LogP contribution in [0.5, 0.6) is 5.75 Å². The fourth-order valence-electron chi connectivity index (χ4n) is 2.49. The van der Waals surface area contributed by atoms with Crippen molar-refractivity contribution in [2.75, 3.05) is 0 Å². The Balaban J connectivity index is 2.20. The smallest absolute Gasteiger partial charge is 0.329 e. The van der Waals surface area contributed by atoms with Gasteiger partial charge in [0.1, 0.15) is 11.3 Å². The number of aromatic hydroxyl groups is 1. The summed E-state index contributed by atoms with van der Waals surface area (Å²) < 4.78 is 0. The zero-order chi connectivity index (χ0) is 14.8. The number of phenolic OH excluding ortho intramolecular Hbond substituents is 1. The van der Waals surface area contributed by atoms with Gasteiger partial charge in [-0.1, -0.05) is 30.9 Å². The number of hydrogen-bond donors (Lipinski definition) is 3. The van der Waals surface area contributed by atoms with Crippen LogP contribution in [0.25, 0.3) is 0 Å². The first-order chi connectivity index (χ1) is 9.44. The number of carboxylic acids is 1. The molecule has 5 nitrogen and oxygen atoms in total. The van der Waals surface area contributed by atoms with Crippen molar-refractivity contribution < 1.29 is 19.8 Å². The van der Waals surface area contributed by atoms with Crippen LogP contribution in [-0.4, -0.2) is 27.6 Å². The number of aliphatic carboxylic acids is 1. The molecule has 6 heteroatoms. The van der Waals surface area contributed by atoms with Gasteiger partial charge in [0.25, 0.3) is 5.91 Å². The standard InChI is InChI=1S/C14H16ClNO4/c15-10-8-9(4-5-11(10)17)12(18)16-14(13(19)20)6-2-1-3-7-14/h4-5,8,17H,1-3,6-7H2,(H,16,18)(H,19,20).